The molecule has 0 aromatic heterocycles. The van der Waals surface area contributed by atoms with Crippen molar-refractivity contribution in [3.63, 3.8) is 0 Å². The number of hydrogen-bond acceptors (Lipinski definition) is 3. The van der Waals surface area contributed by atoms with E-state index >= 15 is 0 Å². The monoisotopic (exact) mass is 156 g/mol. The van der Waals surface area contributed by atoms with Crippen LogP contribution < -0.4 is 0 Å². The van der Waals surface area contributed by atoms with E-state index in [9.17, 15) is 4.79 Å². The van der Waals surface area contributed by atoms with Gasteiger partial charge in [0, 0.05) is 0 Å². The Labute approximate surface area is 65.7 Å². The molecule has 0 amide bonds. The molecule has 0 aromatic carbocycles. The van der Waals surface area contributed by atoms with Gasteiger partial charge in [0.2, 0.25) is 0 Å². The van der Waals surface area contributed by atoms with Crippen LogP contribution in [0.5, 0.6) is 0 Å². The Bertz CT molecular complexity index is 174. The number of hydrogen-bond donors (Lipinski definition) is 0. The lowest BCUT2D eigenvalue weighted by Gasteiger charge is -1.95. The van der Waals surface area contributed by atoms with E-state index in [2.05, 4.69) is 0 Å². The number of carbonyl (C=O) groups is 1. The van der Waals surface area contributed by atoms with Crippen molar-refractivity contribution < 1.29 is 14.3 Å². The molecule has 1 saturated carbocycles. The molecule has 1 aliphatic carbocycles. The van der Waals surface area contributed by atoms with E-state index in [1.165, 1.54) is 12.8 Å². The second-order valence-electron chi connectivity index (χ2n) is 3.11. The van der Waals surface area contributed by atoms with Gasteiger partial charge in [-0.1, -0.05) is 0 Å². The van der Waals surface area contributed by atoms with Gasteiger partial charge in [-0.3, -0.25) is 0 Å². The Kier molecular flexibility index (Phi) is 1.60. The first-order valence-corrected chi connectivity index (χ1v) is 4.15. The third-order valence-corrected chi connectivity index (χ3v) is 2.13. The van der Waals surface area contributed by atoms with Gasteiger partial charge in [-0.05, 0) is 25.7 Å². The van der Waals surface area contributed by atoms with Crippen LogP contribution >= 0.6 is 0 Å². The molecule has 0 radical (unpaired) electrons. The number of rotatable bonds is 3. The summed E-state index contributed by atoms with van der Waals surface area (Å²) >= 11 is 0. The lowest BCUT2D eigenvalue weighted by Crippen LogP contribution is -2.14. The van der Waals surface area contributed by atoms with Crippen molar-refractivity contribution in [2.24, 2.45) is 5.92 Å². The maximum absolute atomic E-state index is 11.0. The Morgan fingerprint density at radius 2 is 2.36 bits per heavy atom. The molecule has 0 spiro atoms. The molecular formula is C8H12O3. The molecule has 2 atom stereocenters. The Morgan fingerprint density at radius 3 is 2.91 bits per heavy atom. The van der Waals surface area contributed by atoms with Crippen LogP contribution in [-0.2, 0) is 14.3 Å². The largest absolute Gasteiger partial charge is 0.464 e. The van der Waals surface area contributed by atoms with Crippen LogP contribution in [-0.4, -0.2) is 24.8 Å². The van der Waals surface area contributed by atoms with Crippen molar-refractivity contribution in [1.29, 1.82) is 0 Å². The highest BCUT2D eigenvalue weighted by atomic mass is 16.6. The highest BCUT2D eigenvalue weighted by Crippen LogP contribution is 2.44. The number of ether oxygens (including phenoxy) is 2. The standard InChI is InChI=1S/C8H12O3/c1-2-10-8(9)7-6(11-7)5-3-4-5/h5-7H,2-4H2,1H3/t6-,7-/m1/s1. The second-order valence-corrected chi connectivity index (χ2v) is 3.11. The average Bonchev–Trinajstić information content (AvgIpc) is 2.83. The first kappa shape index (κ1) is 7.10. The van der Waals surface area contributed by atoms with E-state index in [1.54, 1.807) is 0 Å². The van der Waals surface area contributed by atoms with Crippen molar-refractivity contribution in [2.75, 3.05) is 6.61 Å². The van der Waals surface area contributed by atoms with Crippen LogP contribution in [0, 0.1) is 5.92 Å². The van der Waals surface area contributed by atoms with E-state index in [0.29, 0.717) is 12.5 Å². The third-order valence-electron chi connectivity index (χ3n) is 2.13. The SMILES string of the molecule is CCOC(=O)[C@@H]1O[C@@H]1C1CC1. The minimum Gasteiger partial charge on any atom is -0.464 e. The fraction of sp³-hybridized carbons (Fsp3) is 0.875. The number of epoxide rings is 1. The number of esters is 1. The molecule has 11 heavy (non-hydrogen) atoms. The summed E-state index contributed by atoms with van der Waals surface area (Å²) in [6, 6.07) is 0. The molecular weight excluding hydrogens is 144 g/mol. The van der Waals surface area contributed by atoms with Crippen LogP contribution in [0.15, 0.2) is 0 Å². The molecule has 62 valence electrons. The van der Waals surface area contributed by atoms with Gasteiger partial charge in [-0.2, -0.15) is 0 Å². The van der Waals surface area contributed by atoms with Crippen molar-refractivity contribution in [3.05, 3.63) is 0 Å². The van der Waals surface area contributed by atoms with Crippen molar-refractivity contribution >= 4 is 5.97 Å². The average molecular weight is 156 g/mol. The van der Waals surface area contributed by atoms with E-state index in [0.717, 1.165) is 0 Å². The van der Waals surface area contributed by atoms with Crippen LogP contribution in [0.3, 0.4) is 0 Å². The molecule has 0 N–H and O–H groups in total. The van der Waals surface area contributed by atoms with Gasteiger partial charge in [0.05, 0.1) is 12.7 Å². The molecule has 2 fully saturated rings. The van der Waals surface area contributed by atoms with E-state index in [1.807, 2.05) is 6.92 Å². The van der Waals surface area contributed by atoms with Crippen LogP contribution in [0.25, 0.3) is 0 Å². The van der Waals surface area contributed by atoms with Gasteiger partial charge in [0.1, 0.15) is 0 Å². The summed E-state index contributed by atoms with van der Waals surface area (Å²) in [4.78, 5) is 11.0. The van der Waals surface area contributed by atoms with Gasteiger partial charge in [0.25, 0.3) is 0 Å². The van der Waals surface area contributed by atoms with E-state index in [4.69, 9.17) is 9.47 Å². The maximum Gasteiger partial charge on any atom is 0.338 e. The molecule has 1 aliphatic heterocycles. The summed E-state index contributed by atoms with van der Waals surface area (Å²) in [6.07, 6.45) is 2.43. The van der Waals surface area contributed by atoms with Gasteiger partial charge in [-0.25, -0.2) is 4.79 Å². The summed E-state index contributed by atoms with van der Waals surface area (Å²) in [5.74, 6) is 0.480. The molecule has 0 aromatic rings. The lowest BCUT2D eigenvalue weighted by atomic mass is 10.2. The van der Waals surface area contributed by atoms with E-state index in [-0.39, 0.29) is 18.2 Å². The van der Waals surface area contributed by atoms with Gasteiger partial charge in [-0.15, -0.1) is 0 Å². The lowest BCUT2D eigenvalue weighted by molar-refractivity contribution is -0.144. The molecule has 1 heterocycles. The first-order valence-electron chi connectivity index (χ1n) is 4.15. The summed E-state index contributed by atoms with van der Waals surface area (Å²) in [5.41, 5.74) is 0. The smallest absolute Gasteiger partial charge is 0.338 e. The molecule has 2 rings (SSSR count). The van der Waals surface area contributed by atoms with Gasteiger partial charge < -0.3 is 9.47 Å². The molecule has 0 unspecified atom stereocenters. The van der Waals surface area contributed by atoms with E-state index < -0.39 is 0 Å². The van der Waals surface area contributed by atoms with Crippen LogP contribution in [0.1, 0.15) is 19.8 Å². The number of carbonyl (C=O) groups excluding carboxylic acids is 1. The zero-order chi connectivity index (χ0) is 7.84. The van der Waals surface area contributed by atoms with Gasteiger partial charge >= 0.3 is 5.97 Å². The predicted molar refractivity (Wildman–Crippen MR) is 38.0 cm³/mol. The fourth-order valence-corrected chi connectivity index (χ4v) is 1.32. The molecule has 2 aliphatic rings. The maximum atomic E-state index is 11.0. The normalized spacial score (nSPS) is 35.0. The van der Waals surface area contributed by atoms with Crippen LogP contribution in [0.4, 0.5) is 0 Å². The Balaban J connectivity index is 1.76. The summed E-state index contributed by atoms with van der Waals surface area (Å²) in [5, 5.41) is 0. The summed E-state index contributed by atoms with van der Waals surface area (Å²) in [7, 11) is 0. The summed E-state index contributed by atoms with van der Waals surface area (Å²) < 4.78 is 9.99. The third kappa shape index (κ3) is 1.38. The fourth-order valence-electron chi connectivity index (χ4n) is 1.32. The highest BCUT2D eigenvalue weighted by molar-refractivity contribution is 5.78. The van der Waals surface area contributed by atoms with Crippen LogP contribution in [0.2, 0.25) is 0 Å². The molecule has 3 heteroatoms. The minimum atomic E-state index is -0.220. The van der Waals surface area contributed by atoms with Crippen molar-refractivity contribution in [2.45, 2.75) is 32.0 Å². The summed E-state index contributed by atoms with van der Waals surface area (Å²) in [6.45, 7) is 2.27. The first-order chi connectivity index (χ1) is 5.33. The predicted octanol–water partition coefficient (Wildman–Crippen LogP) is 0.727. The highest BCUT2D eigenvalue weighted by Gasteiger charge is 2.54. The Morgan fingerprint density at radius 1 is 1.64 bits per heavy atom. The van der Waals surface area contributed by atoms with Crippen molar-refractivity contribution in [1.82, 2.24) is 0 Å². The Hall–Kier alpha value is -0.570. The zero-order valence-corrected chi connectivity index (χ0v) is 6.58. The topological polar surface area (TPSA) is 38.8 Å². The molecule has 3 nitrogen and oxygen atoms in total. The second kappa shape index (κ2) is 2.48. The zero-order valence-electron chi connectivity index (χ0n) is 6.58. The minimum absolute atomic E-state index is 0.176. The van der Waals surface area contributed by atoms with Crippen molar-refractivity contribution in [3.8, 4) is 0 Å². The molecule has 1 saturated heterocycles. The van der Waals surface area contributed by atoms with Gasteiger partial charge in [0.15, 0.2) is 6.10 Å². The molecule has 0 bridgehead atoms. The quantitative estimate of drug-likeness (QED) is 0.446.